The summed E-state index contributed by atoms with van der Waals surface area (Å²) in [5.74, 6) is -0.211. The lowest BCUT2D eigenvalue weighted by Gasteiger charge is -2.09. The summed E-state index contributed by atoms with van der Waals surface area (Å²) in [6.07, 6.45) is 3.54. The molecule has 2 rings (SSSR count). The van der Waals surface area contributed by atoms with Gasteiger partial charge in [-0.05, 0) is 58.2 Å². The lowest BCUT2D eigenvalue weighted by molar-refractivity contribution is 0.627. The summed E-state index contributed by atoms with van der Waals surface area (Å²) in [7, 11) is 0. The molecule has 0 aliphatic rings. The van der Waals surface area contributed by atoms with Gasteiger partial charge in [0.15, 0.2) is 0 Å². The molecule has 0 unspecified atom stereocenters. The number of nitrogens with one attached hydrogen (secondary N) is 1. The summed E-state index contributed by atoms with van der Waals surface area (Å²) in [5, 5.41) is 3.26. The van der Waals surface area contributed by atoms with Crippen molar-refractivity contribution < 1.29 is 4.39 Å². The molecule has 88 valence electrons. The van der Waals surface area contributed by atoms with Crippen LogP contribution in [0.25, 0.3) is 0 Å². The SMILES string of the molecule is Cc1cc(F)ccc1NCc1cncc(Br)c1. The van der Waals surface area contributed by atoms with Crippen molar-refractivity contribution in [2.75, 3.05) is 5.32 Å². The van der Waals surface area contributed by atoms with Gasteiger partial charge in [-0.3, -0.25) is 4.98 Å². The standard InChI is InChI=1S/C13H12BrFN2/c1-9-4-12(15)2-3-13(9)17-7-10-5-11(14)8-16-6-10/h2-6,8,17H,7H2,1H3. The second kappa shape index (κ2) is 5.27. The third-order valence-electron chi connectivity index (χ3n) is 2.43. The minimum absolute atomic E-state index is 0.211. The van der Waals surface area contributed by atoms with Gasteiger partial charge in [0, 0.05) is 29.1 Å². The van der Waals surface area contributed by atoms with E-state index in [0.717, 1.165) is 21.3 Å². The largest absolute Gasteiger partial charge is 0.381 e. The highest BCUT2D eigenvalue weighted by Gasteiger charge is 2.00. The number of nitrogens with zero attached hydrogens (tertiary/aromatic N) is 1. The molecule has 0 aliphatic heterocycles. The van der Waals surface area contributed by atoms with Crippen LogP contribution in [-0.2, 0) is 6.54 Å². The van der Waals surface area contributed by atoms with Crippen LogP contribution >= 0.6 is 15.9 Å². The fourth-order valence-corrected chi connectivity index (χ4v) is 1.99. The van der Waals surface area contributed by atoms with E-state index >= 15 is 0 Å². The molecule has 17 heavy (non-hydrogen) atoms. The molecule has 0 radical (unpaired) electrons. The van der Waals surface area contributed by atoms with Gasteiger partial charge < -0.3 is 5.32 Å². The molecule has 0 bridgehead atoms. The molecule has 0 amide bonds. The minimum atomic E-state index is -0.211. The molecule has 0 saturated heterocycles. The number of anilines is 1. The van der Waals surface area contributed by atoms with Crippen molar-refractivity contribution in [1.29, 1.82) is 0 Å². The summed E-state index contributed by atoms with van der Waals surface area (Å²) in [6.45, 7) is 2.55. The molecule has 1 N–H and O–H groups in total. The molecule has 4 heteroatoms. The molecule has 2 aromatic rings. The van der Waals surface area contributed by atoms with Crippen molar-refractivity contribution >= 4 is 21.6 Å². The van der Waals surface area contributed by atoms with Gasteiger partial charge in [-0.25, -0.2) is 4.39 Å². The Morgan fingerprint density at radius 1 is 1.29 bits per heavy atom. The molecule has 0 fully saturated rings. The van der Waals surface area contributed by atoms with Crippen molar-refractivity contribution in [3.05, 3.63) is 58.1 Å². The fraction of sp³-hybridized carbons (Fsp3) is 0.154. The third-order valence-corrected chi connectivity index (χ3v) is 2.87. The van der Waals surface area contributed by atoms with E-state index in [9.17, 15) is 4.39 Å². The Balaban J connectivity index is 2.07. The second-order valence-corrected chi connectivity index (χ2v) is 4.74. The molecule has 0 saturated carbocycles. The van der Waals surface area contributed by atoms with E-state index in [1.54, 1.807) is 18.5 Å². The number of benzene rings is 1. The van der Waals surface area contributed by atoms with Crippen LogP contribution in [0.15, 0.2) is 41.1 Å². The van der Waals surface area contributed by atoms with Gasteiger partial charge in [0.1, 0.15) is 5.82 Å². The Hall–Kier alpha value is -1.42. The van der Waals surface area contributed by atoms with Gasteiger partial charge in [-0.15, -0.1) is 0 Å². The molecular formula is C13H12BrFN2. The highest BCUT2D eigenvalue weighted by molar-refractivity contribution is 9.10. The Kier molecular flexibility index (Phi) is 3.74. The molecular weight excluding hydrogens is 283 g/mol. The Morgan fingerprint density at radius 3 is 2.82 bits per heavy atom. The number of aromatic nitrogens is 1. The number of rotatable bonds is 3. The van der Waals surface area contributed by atoms with Gasteiger partial charge in [0.25, 0.3) is 0 Å². The number of hydrogen-bond acceptors (Lipinski definition) is 2. The lowest BCUT2D eigenvalue weighted by atomic mass is 10.2. The van der Waals surface area contributed by atoms with Gasteiger partial charge >= 0.3 is 0 Å². The zero-order valence-electron chi connectivity index (χ0n) is 9.37. The highest BCUT2D eigenvalue weighted by Crippen LogP contribution is 2.17. The van der Waals surface area contributed by atoms with Crippen LogP contribution in [0.5, 0.6) is 0 Å². The predicted molar refractivity (Wildman–Crippen MR) is 70.4 cm³/mol. The number of hydrogen-bond donors (Lipinski definition) is 1. The van der Waals surface area contributed by atoms with E-state index in [0.29, 0.717) is 6.54 Å². The van der Waals surface area contributed by atoms with E-state index in [4.69, 9.17) is 0 Å². The first kappa shape index (κ1) is 12.0. The maximum Gasteiger partial charge on any atom is 0.123 e. The first-order valence-electron chi connectivity index (χ1n) is 5.24. The zero-order valence-corrected chi connectivity index (χ0v) is 11.0. The zero-order chi connectivity index (χ0) is 12.3. The number of halogens is 2. The number of pyridine rings is 1. The van der Waals surface area contributed by atoms with Crippen LogP contribution < -0.4 is 5.32 Å². The van der Waals surface area contributed by atoms with E-state index in [1.165, 1.54) is 12.1 Å². The van der Waals surface area contributed by atoms with Gasteiger partial charge in [-0.2, -0.15) is 0 Å². The van der Waals surface area contributed by atoms with Crippen LogP contribution in [0.1, 0.15) is 11.1 Å². The summed E-state index contributed by atoms with van der Waals surface area (Å²) < 4.78 is 13.9. The van der Waals surface area contributed by atoms with Crippen molar-refractivity contribution in [3.63, 3.8) is 0 Å². The van der Waals surface area contributed by atoms with Crippen LogP contribution in [-0.4, -0.2) is 4.98 Å². The van der Waals surface area contributed by atoms with Crippen LogP contribution in [0.3, 0.4) is 0 Å². The van der Waals surface area contributed by atoms with E-state index in [1.807, 2.05) is 13.0 Å². The topological polar surface area (TPSA) is 24.9 Å². The summed E-state index contributed by atoms with van der Waals surface area (Å²) in [4.78, 5) is 4.09. The molecule has 0 spiro atoms. The number of aryl methyl sites for hydroxylation is 1. The van der Waals surface area contributed by atoms with E-state index < -0.39 is 0 Å². The maximum absolute atomic E-state index is 12.9. The molecule has 0 aliphatic carbocycles. The summed E-state index contributed by atoms with van der Waals surface area (Å²) in [5.41, 5.74) is 2.91. The monoisotopic (exact) mass is 294 g/mol. The third kappa shape index (κ3) is 3.27. The average Bonchev–Trinajstić information content (AvgIpc) is 2.28. The van der Waals surface area contributed by atoms with E-state index in [2.05, 4.69) is 26.2 Å². The van der Waals surface area contributed by atoms with Crippen molar-refractivity contribution in [1.82, 2.24) is 4.98 Å². The smallest absolute Gasteiger partial charge is 0.123 e. The molecule has 1 aromatic heterocycles. The highest BCUT2D eigenvalue weighted by atomic mass is 79.9. The first-order chi connectivity index (χ1) is 8.15. The predicted octanol–water partition coefficient (Wildman–Crippen LogP) is 3.90. The summed E-state index contributed by atoms with van der Waals surface area (Å²) in [6, 6.07) is 6.71. The fourth-order valence-electron chi connectivity index (χ4n) is 1.58. The van der Waals surface area contributed by atoms with Gasteiger partial charge in [-0.1, -0.05) is 0 Å². The Morgan fingerprint density at radius 2 is 2.12 bits per heavy atom. The minimum Gasteiger partial charge on any atom is -0.381 e. The first-order valence-corrected chi connectivity index (χ1v) is 6.04. The quantitative estimate of drug-likeness (QED) is 0.928. The van der Waals surface area contributed by atoms with Crippen LogP contribution in [0, 0.1) is 12.7 Å². The van der Waals surface area contributed by atoms with Gasteiger partial charge in [0.05, 0.1) is 0 Å². The lowest BCUT2D eigenvalue weighted by Crippen LogP contribution is -2.01. The van der Waals surface area contributed by atoms with Crippen molar-refractivity contribution in [2.24, 2.45) is 0 Å². The Bertz CT molecular complexity index is 529. The summed E-state index contributed by atoms with van der Waals surface area (Å²) >= 11 is 3.37. The molecule has 1 heterocycles. The maximum atomic E-state index is 12.9. The van der Waals surface area contributed by atoms with Crippen LogP contribution in [0.4, 0.5) is 10.1 Å². The van der Waals surface area contributed by atoms with Gasteiger partial charge in [0.2, 0.25) is 0 Å². The van der Waals surface area contributed by atoms with Crippen LogP contribution in [0.2, 0.25) is 0 Å². The van der Waals surface area contributed by atoms with Crippen molar-refractivity contribution in [2.45, 2.75) is 13.5 Å². The van der Waals surface area contributed by atoms with Crippen molar-refractivity contribution in [3.8, 4) is 0 Å². The second-order valence-electron chi connectivity index (χ2n) is 3.82. The molecule has 2 nitrogen and oxygen atoms in total. The molecule has 0 atom stereocenters. The Labute approximate surface area is 108 Å². The average molecular weight is 295 g/mol. The molecule has 1 aromatic carbocycles. The van der Waals surface area contributed by atoms with E-state index in [-0.39, 0.29) is 5.82 Å². The normalized spacial score (nSPS) is 10.3.